The number of piperidine rings is 1. The number of nitrogens with zero attached hydrogens (tertiary/aromatic N) is 1. The Kier molecular flexibility index (Phi) is 7.74. The van der Waals surface area contributed by atoms with Crippen LogP contribution < -0.4 is 10.6 Å². The van der Waals surface area contributed by atoms with Crippen molar-refractivity contribution in [1.29, 1.82) is 0 Å². The van der Waals surface area contributed by atoms with Crippen LogP contribution in [-0.4, -0.2) is 46.5 Å². The first-order chi connectivity index (χ1) is 19.8. The normalized spacial score (nSPS) is 38.6. The number of carbonyl (C=O) groups excluding carboxylic acids is 2. The average Bonchev–Trinajstić information content (AvgIpc) is 2.88. The minimum absolute atomic E-state index is 0.0633. The zero-order valence-corrected chi connectivity index (χ0v) is 26.6. The second kappa shape index (κ2) is 10.8. The number of likely N-dealkylation sites (tertiary alicyclic amines) is 1. The fourth-order valence-electron chi connectivity index (χ4n) is 10.5. The number of hydrogen-bond acceptors (Lipinski definition) is 4. The van der Waals surface area contributed by atoms with Gasteiger partial charge in [0.15, 0.2) is 0 Å². The molecule has 7 rings (SSSR count). The van der Waals surface area contributed by atoms with Crippen LogP contribution in [0.25, 0.3) is 0 Å². The van der Waals surface area contributed by atoms with Gasteiger partial charge in [-0.2, -0.15) is 0 Å². The van der Waals surface area contributed by atoms with E-state index in [4.69, 9.17) is 11.6 Å². The molecule has 0 aromatic heterocycles. The molecular formula is C35H50ClN3O3. The van der Waals surface area contributed by atoms with Crippen LogP contribution in [0.3, 0.4) is 0 Å². The summed E-state index contributed by atoms with van der Waals surface area (Å²) in [6, 6.07) is 7.31. The molecule has 7 heteroatoms. The Hall–Kier alpha value is -2.05. The molecular weight excluding hydrogens is 546 g/mol. The van der Waals surface area contributed by atoms with Crippen molar-refractivity contribution in [2.75, 3.05) is 13.1 Å². The molecule has 1 heterocycles. The van der Waals surface area contributed by atoms with Gasteiger partial charge in [-0.15, -0.1) is 0 Å². The zero-order chi connectivity index (χ0) is 29.9. The Morgan fingerprint density at radius 2 is 1.74 bits per heavy atom. The minimum Gasteiger partial charge on any atom is -0.384 e. The second-order valence-corrected chi connectivity index (χ2v) is 16.1. The lowest BCUT2D eigenvalue weighted by Gasteiger charge is -2.62. The molecule has 1 saturated heterocycles. The van der Waals surface area contributed by atoms with E-state index >= 15 is 0 Å². The zero-order valence-electron chi connectivity index (χ0n) is 25.8. The third-order valence-corrected chi connectivity index (χ3v) is 12.0. The van der Waals surface area contributed by atoms with Crippen LogP contribution >= 0.6 is 11.6 Å². The lowest BCUT2D eigenvalue weighted by atomic mass is 9.46. The quantitative estimate of drug-likeness (QED) is 0.345. The molecule has 4 bridgehead atoms. The molecule has 5 aliphatic carbocycles. The van der Waals surface area contributed by atoms with Gasteiger partial charge in [-0.1, -0.05) is 57.0 Å². The van der Waals surface area contributed by atoms with Gasteiger partial charge in [0.2, 0.25) is 11.8 Å². The average molecular weight is 596 g/mol. The highest BCUT2D eigenvalue weighted by molar-refractivity contribution is 6.30. The Balaban J connectivity index is 1.12. The van der Waals surface area contributed by atoms with Crippen LogP contribution in [0.5, 0.6) is 0 Å². The van der Waals surface area contributed by atoms with Crippen LogP contribution in [-0.2, 0) is 15.2 Å². The highest BCUT2D eigenvalue weighted by Crippen LogP contribution is 2.63. The van der Waals surface area contributed by atoms with Crippen molar-refractivity contribution in [3.63, 3.8) is 0 Å². The maximum atomic E-state index is 14.0. The van der Waals surface area contributed by atoms with Crippen molar-refractivity contribution in [2.45, 2.75) is 115 Å². The number of halogens is 1. The number of carbonyl (C=O) groups is 2. The summed E-state index contributed by atoms with van der Waals surface area (Å²) in [5.74, 6) is 1.45. The molecule has 1 aromatic rings. The highest BCUT2D eigenvalue weighted by atomic mass is 35.5. The van der Waals surface area contributed by atoms with E-state index in [1.165, 1.54) is 19.3 Å². The van der Waals surface area contributed by atoms with Crippen molar-refractivity contribution in [2.24, 2.45) is 28.6 Å². The van der Waals surface area contributed by atoms with Crippen LogP contribution in [0.1, 0.15) is 103 Å². The summed E-state index contributed by atoms with van der Waals surface area (Å²) >= 11 is 6.11. The first-order valence-corrected chi connectivity index (χ1v) is 16.7. The molecule has 230 valence electrons. The van der Waals surface area contributed by atoms with Gasteiger partial charge in [-0.25, -0.2) is 0 Å². The van der Waals surface area contributed by atoms with Crippen molar-refractivity contribution >= 4 is 23.4 Å². The van der Waals surface area contributed by atoms with Crippen LogP contribution in [0, 0.1) is 28.6 Å². The summed E-state index contributed by atoms with van der Waals surface area (Å²) < 4.78 is 0. The third-order valence-electron chi connectivity index (χ3n) is 11.7. The molecule has 1 aliphatic heterocycles. The number of aliphatic hydroxyl groups is 1. The van der Waals surface area contributed by atoms with Crippen LogP contribution in [0.4, 0.5) is 0 Å². The number of allylic oxidation sites excluding steroid dienone is 1. The summed E-state index contributed by atoms with van der Waals surface area (Å²) in [4.78, 5) is 29.7. The monoisotopic (exact) mass is 595 g/mol. The van der Waals surface area contributed by atoms with E-state index in [2.05, 4.69) is 24.1 Å². The summed E-state index contributed by atoms with van der Waals surface area (Å²) in [5, 5.41) is 19.6. The Bertz CT molecular complexity index is 1210. The molecule has 0 spiro atoms. The summed E-state index contributed by atoms with van der Waals surface area (Å²) in [5.41, 5.74) is 0.476. The van der Waals surface area contributed by atoms with E-state index in [0.29, 0.717) is 42.8 Å². The van der Waals surface area contributed by atoms with Gasteiger partial charge in [0, 0.05) is 47.2 Å². The Morgan fingerprint density at radius 3 is 2.38 bits per heavy atom. The molecule has 1 aromatic carbocycles. The predicted octanol–water partition coefficient (Wildman–Crippen LogP) is 6.31. The van der Waals surface area contributed by atoms with Gasteiger partial charge < -0.3 is 20.6 Å². The minimum atomic E-state index is -1.04. The molecule has 0 radical (unpaired) electrons. The second-order valence-electron chi connectivity index (χ2n) is 15.6. The van der Waals surface area contributed by atoms with Gasteiger partial charge in [-0.3, -0.25) is 9.59 Å². The predicted molar refractivity (Wildman–Crippen MR) is 167 cm³/mol. The maximum absolute atomic E-state index is 14.0. The van der Waals surface area contributed by atoms with Gasteiger partial charge in [-0.05, 0) is 99.7 Å². The molecule has 6 aliphatic rings. The SMILES string of the molecule is C=C(C)NC12CC3CC(CC(CC(=O)N[C@@H]4CCCC[C@@H]4C(=O)N4CC[C@](O)(c5ccc(Cl)cc5)C(C)(C)C4)(C3)C1)C2. The molecule has 5 atom stereocenters. The number of nitrogens with one attached hydrogen (secondary N) is 2. The van der Waals surface area contributed by atoms with Crippen molar-refractivity contribution < 1.29 is 14.7 Å². The van der Waals surface area contributed by atoms with E-state index in [0.717, 1.165) is 56.2 Å². The largest absolute Gasteiger partial charge is 0.384 e. The first kappa shape index (κ1) is 30.0. The number of amides is 2. The molecule has 5 saturated carbocycles. The van der Waals surface area contributed by atoms with Gasteiger partial charge in [0.25, 0.3) is 0 Å². The maximum Gasteiger partial charge on any atom is 0.227 e. The van der Waals surface area contributed by atoms with Gasteiger partial charge in [0.05, 0.1) is 11.5 Å². The van der Waals surface area contributed by atoms with E-state index in [1.807, 2.05) is 43.0 Å². The topological polar surface area (TPSA) is 81.7 Å². The molecule has 3 N–H and O–H groups in total. The fourth-order valence-corrected chi connectivity index (χ4v) is 10.6. The standard InChI is InChI=1S/C35H50ClN3O3/c1-23(2)38-34-18-24-15-25(19-34)17-33(16-24,21-34)20-30(40)37-29-8-6-5-7-28(29)31(41)39-14-13-35(42,32(3,4)22-39)26-9-11-27(36)12-10-26/h9-12,24-25,28-29,38,42H,1,5-8,13-22H2,2-4H3,(H,37,40)/t24?,25?,28-,29+,33?,34?,35-/m0/s1. The summed E-state index contributed by atoms with van der Waals surface area (Å²) in [7, 11) is 0. The lowest BCUT2D eigenvalue weighted by Crippen LogP contribution is -2.62. The van der Waals surface area contributed by atoms with Crippen molar-refractivity contribution in [1.82, 2.24) is 15.5 Å². The van der Waals surface area contributed by atoms with Gasteiger partial charge in [0.1, 0.15) is 0 Å². The van der Waals surface area contributed by atoms with Crippen LogP contribution in [0.2, 0.25) is 5.02 Å². The molecule has 2 amide bonds. The molecule has 42 heavy (non-hydrogen) atoms. The lowest BCUT2D eigenvalue weighted by molar-refractivity contribution is -0.158. The van der Waals surface area contributed by atoms with E-state index in [-0.39, 0.29) is 34.7 Å². The Morgan fingerprint density at radius 1 is 1.07 bits per heavy atom. The summed E-state index contributed by atoms with van der Waals surface area (Å²) in [6.07, 6.45) is 11.8. The smallest absolute Gasteiger partial charge is 0.227 e. The van der Waals surface area contributed by atoms with Crippen LogP contribution in [0.15, 0.2) is 36.5 Å². The third kappa shape index (κ3) is 5.51. The number of hydrogen-bond donors (Lipinski definition) is 3. The molecule has 6 nitrogen and oxygen atoms in total. The fraction of sp³-hybridized carbons (Fsp3) is 0.714. The molecule has 2 unspecified atom stereocenters. The van der Waals surface area contributed by atoms with Gasteiger partial charge >= 0.3 is 0 Å². The number of benzene rings is 1. The van der Waals surface area contributed by atoms with E-state index in [1.54, 1.807) is 0 Å². The van der Waals surface area contributed by atoms with E-state index in [9.17, 15) is 14.7 Å². The molecule has 6 fully saturated rings. The summed E-state index contributed by atoms with van der Waals surface area (Å²) in [6.45, 7) is 11.3. The number of rotatable bonds is 7. The van der Waals surface area contributed by atoms with Crippen molar-refractivity contribution in [3.8, 4) is 0 Å². The highest BCUT2D eigenvalue weighted by Gasteiger charge is 2.58. The first-order valence-electron chi connectivity index (χ1n) is 16.3. The van der Waals surface area contributed by atoms with E-state index < -0.39 is 11.0 Å². The van der Waals surface area contributed by atoms with Crippen molar-refractivity contribution in [3.05, 3.63) is 47.1 Å². The Labute approximate surface area is 257 Å².